The lowest BCUT2D eigenvalue weighted by Crippen LogP contribution is -2.11. The van der Waals surface area contributed by atoms with Gasteiger partial charge in [-0.1, -0.05) is 6.07 Å². The van der Waals surface area contributed by atoms with E-state index in [0.717, 1.165) is 14.8 Å². The fraction of sp³-hybridized carbons (Fsp3) is 0.200. The first-order chi connectivity index (χ1) is 6.63. The molecule has 0 unspecified atom stereocenters. The highest BCUT2D eigenvalue weighted by Gasteiger charge is 2.04. The van der Waals surface area contributed by atoms with Crippen LogP contribution < -0.4 is 5.32 Å². The van der Waals surface area contributed by atoms with Crippen LogP contribution in [0.5, 0.6) is 0 Å². The molecule has 1 N–H and O–H groups in total. The molecule has 0 aromatic heterocycles. The van der Waals surface area contributed by atoms with Gasteiger partial charge in [0.25, 0.3) is 0 Å². The van der Waals surface area contributed by atoms with Crippen molar-refractivity contribution in [3.8, 4) is 6.07 Å². The minimum Gasteiger partial charge on any atom is -0.324 e. The molecule has 0 aliphatic carbocycles. The normalized spacial score (nSPS) is 9.21. The van der Waals surface area contributed by atoms with Crippen molar-refractivity contribution in [1.29, 1.82) is 5.26 Å². The van der Waals surface area contributed by atoms with E-state index < -0.39 is 0 Å². The van der Waals surface area contributed by atoms with Gasteiger partial charge < -0.3 is 5.32 Å². The molecule has 0 aliphatic rings. The highest BCUT2D eigenvalue weighted by molar-refractivity contribution is 14.1. The molecule has 4 heteroatoms. The Morgan fingerprint density at radius 1 is 1.64 bits per heavy atom. The minimum absolute atomic E-state index is 0.107. The van der Waals surface area contributed by atoms with E-state index in [1.807, 2.05) is 25.1 Å². The molecule has 1 aromatic carbocycles. The fourth-order valence-corrected chi connectivity index (χ4v) is 1.79. The van der Waals surface area contributed by atoms with Gasteiger partial charge in [0.1, 0.15) is 6.42 Å². The number of nitriles is 1. The standard InChI is InChI=1S/C10H9IN2O/c1-7-2-3-9(8(11)6-7)13-10(14)4-5-12/h2-3,6H,4H2,1H3,(H,13,14). The van der Waals surface area contributed by atoms with E-state index in [1.165, 1.54) is 0 Å². The Bertz CT molecular complexity index is 396. The van der Waals surface area contributed by atoms with Crippen molar-refractivity contribution in [3.63, 3.8) is 0 Å². The van der Waals surface area contributed by atoms with Crippen LogP contribution in [0.1, 0.15) is 12.0 Å². The summed E-state index contributed by atoms with van der Waals surface area (Å²) in [4.78, 5) is 11.1. The van der Waals surface area contributed by atoms with Crippen molar-refractivity contribution in [2.75, 3.05) is 5.32 Å². The number of nitrogens with one attached hydrogen (secondary N) is 1. The topological polar surface area (TPSA) is 52.9 Å². The van der Waals surface area contributed by atoms with Crippen LogP contribution in [0.3, 0.4) is 0 Å². The number of aryl methyl sites for hydroxylation is 1. The molecule has 0 radical (unpaired) electrons. The molecule has 1 rings (SSSR count). The number of hydrogen-bond donors (Lipinski definition) is 1. The Hall–Kier alpha value is -1.09. The number of hydrogen-bond acceptors (Lipinski definition) is 2. The average Bonchev–Trinajstić information content (AvgIpc) is 2.10. The molecular formula is C10H9IN2O. The lowest BCUT2D eigenvalue weighted by atomic mass is 10.2. The van der Waals surface area contributed by atoms with Gasteiger partial charge in [0.15, 0.2) is 0 Å². The SMILES string of the molecule is Cc1ccc(NC(=O)CC#N)c(I)c1. The Kier molecular flexibility index (Phi) is 3.89. The first kappa shape index (κ1) is 11.0. The van der Waals surface area contributed by atoms with Crippen LogP contribution in [0.25, 0.3) is 0 Å². The summed E-state index contributed by atoms with van der Waals surface area (Å²) in [5, 5.41) is 11.0. The zero-order valence-electron chi connectivity index (χ0n) is 7.67. The Morgan fingerprint density at radius 3 is 2.93 bits per heavy atom. The third-order valence-electron chi connectivity index (χ3n) is 1.64. The number of amides is 1. The van der Waals surface area contributed by atoms with E-state index in [-0.39, 0.29) is 12.3 Å². The highest BCUT2D eigenvalue weighted by atomic mass is 127. The second kappa shape index (κ2) is 4.96. The second-order valence-corrected chi connectivity index (χ2v) is 4.03. The van der Waals surface area contributed by atoms with Crippen LogP contribution >= 0.6 is 22.6 Å². The summed E-state index contributed by atoms with van der Waals surface area (Å²) >= 11 is 2.15. The van der Waals surface area contributed by atoms with Gasteiger partial charge in [-0.25, -0.2) is 0 Å². The third-order valence-corrected chi connectivity index (χ3v) is 2.53. The zero-order valence-corrected chi connectivity index (χ0v) is 9.83. The molecule has 14 heavy (non-hydrogen) atoms. The van der Waals surface area contributed by atoms with E-state index in [0.29, 0.717) is 0 Å². The van der Waals surface area contributed by atoms with Gasteiger partial charge in [0.05, 0.1) is 11.8 Å². The molecule has 0 heterocycles. The monoisotopic (exact) mass is 300 g/mol. The van der Waals surface area contributed by atoms with Crippen molar-refractivity contribution in [2.24, 2.45) is 0 Å². The number of rotatable bonds is 2. The maximum absolute atomic E-state index is 11.1. The van der Waals surface area contributed by atoms with Gasteiger partial charge >= 0.3 is 0 Å². The molecule has 1 aromatic rings. The summed E-state index contributed by atoms with van der Waals surface area (Å²) < 4.78 is 0.980. The Labute approximate surface area is 96.3 Å². The largest absolute Gasteiger partial charge is 0.324 e. The Balaban J connectivity index is 2.78. The molecule has 0 aliphatic heterocycles. The van der Waals surface area contributed by atoms with E-state index >= 15 is 0 Å². The molecule has 0 bridgehead atoms. The predicted molar refractivity (Wildman–Crippen MR) is 62.8 cm³/mol. The van der Waals surface area contributed by atoms with Crippen molar-refractivity contribution < 1.29 is 4.79 Å². The van der Waals surface area contributed by atoms with Crippen molar-refractivity contribution in [1.82, 2.24) is 0 Å². The van der Waals surface area contributed by atoms with E-state index in [1.54, 1.807) is 6.07 Å². The summed E-state index contributed by atoms with van der Waals surface area (Å²) in [5.41, 5.74) is 1.91. The molecule has 3 nitrogen and oxygen atoms in total. The lowest BCUT2D eigenvalue weighted by molar-refractivity contribution is -0.115. The van der Waals surface area contributed by atoms with Crippen LogP contribution in [0.15, 0.2) is 18.2 Å². The molecule has 0 saturated carbocycles. The number of benzene rings is 1. The van der Waals surface area contributed by atoms with Crippen LogP contribution in [0.4, 0.5) is 5.69 Å². The number of carbonyl (C=O) groups is 1. The molecule has 1 amide bonds. The summed E-state index contributed by atoms with van der Waals surface area (Å²) in [6, 6.07) is 7.54. The zero-order chi connectivity index (χ0) is 10.6. The fourth-order valence-electron chi connectivity index (χ4n) is 0.988. The van der Waals surface area contributed by atoms with Gasteiger partial charge in [-0.3, -0.25) is 4.79 Å². The van der Waals surface area contributed by atoms with Crippen LogP contribution in [0, 0.1) is 21.8 Å². The first-order valence-corrected chi connectivity index (χ1v) is 5.14. The average molecular weight is 300 g/mol. The smallest absolute Gasteiger partial charge is 0.238 e. The summed E-state index contributed by atoms with van der Waals surface area (Å²) in [7, 11) is 0. The van der Waals surface area contributed by atoms with Crippen LogP contribution in [-0.2, 0) is 4.79 Å². The van der Waals surface area contributed by atoms with Crippen LogP contribution in [0.2, 0.25) is 0 Å². The maximum atomic E-state index is 11.1. The third kappa shape index (κ3) is 3.00. The minimum atomic E-state index is -0.269. The number of halogens is 1. The molecule has 0 spiro atoms. The predicted octanol–water partition coefficient (Wildman–Crippen LogP) is 2.45. The summed E-state index contributed by atoms with van der Waals surface area (Å²) in [6.45, 7) is 1.99. The van der Waals surface area contributed by atoms with Gasteiger partial charge in [-0.15, -0.1) is 0 Å². The highest BCUT2D eigenvalue weighted by Crippen LogP contribution is 2.19. The quantitative estimate of drug-likeness (QED) is 0.853. The van der Waals surface area contributed by atoms with Gasteiger partial charge in [-0.05, 0) is 47.2 Å². The number of nitrogens with zero attached hydrogens (tertiary/aromatic N) is 1. The van der Waals surface area contributed by atoms with Gasteiger partial charge in [0, 0.05) is 3.57 Å². The summed E-state index contributed by atoms with van der Waals surface area (Å²) in [5.74, 6) is -0.269. The molecule has 0 atom stereocenters. The van der Waals surface area contributed by atoms with Gasteiger partial charge in [-0.2, -0.15) is 5.26 Å². The van der Waals surface area contributed by atoms with Crippen molar-refractivity contribution >= 4 is 34.2 Å². The van der Waals surface area contributed by atoms with Crippen LogP contribution in [-0.4, -0.2) is 5.91 Å². The van der Waals surface area contributed by atoms with E-state index in [9.17, 15) is 4.79 Å². The summed E-state index contributed by atoms with van der Waals surface area (Å²) in [6.07, 6.45) is -0.107. The van der Waals surface area contributed by atoms with E-state index in [4.69, 9.17) is 5.26 Å². The molecular weight excluding hydrogens is 291 g/mol. The number of anilines is 1. The molecule has 0 fully saturated rings. The van der Waals surface area contributed by atoms with Crippen molar-refractivity contribution in [2.45, 2.75) is 13.3 Å². The maximum Gasteiger partial charge on any atom is 0.238 e. The molecule has 0 saturated heterocycles. The van der Waals surface area contributed by atoms with Gasteiger partial charge in [0.2, 0.25) is 5.91 Å². The lowest BCUT2D eigenvalue weighted by Gasteiger charge is -2.05. The van der Waals surface area contributed by atoms with E-state index in [2.05, 4.69) is 27.9 Å². The first-order valence-electron chi connectivity index (χ1n) is 4.06. The second-order valence-electron chi connectivity index (χ2n) is 2.87. The molecule has 72 valence electrons. The van der Waals surface area contributed by atoms with Crippen molar-refractivity contribution in [3.05, 3.63) is 27.3 Å². The number of carbonyl (C=O) groups excluding carboxylic acids is 1. The Morgan fingerprint density at radius 2 is 2.36 bits per heavy atom.